The average molecular weight is 593 g/mol. The summed E-state index contributed by atoms with van der Waals surface area (Å²) in [6.07, 6.45) is 17.3. The quantitative estimate of drug-likeness (QED) is 0.0589. The van der Waals surface area contributed by atoms with E-state index < -0.39 is 5.97 Å². The maximum atomic E-state index is 12.7. The van der Waals surface area contributed by atoms with E-state index in [9.17, 15) is 9.59 Å². The second kappa shape index (κ2) is 19.1. The summed E-state index contributed by atoms with van der Waals surface area (Å²) < 4.78 is 17.3. The lowest BCUT2D eigenvalue weighted by Crippen LogP contribution is -2.29. The Morgan fingerprint density at radius 3 is 2.19 bits per heavy atom. The molecule has 0 amide bonds. The van der Waals surface area contributed by atoms with Gasteiger partial charge in [-0.25, -0.2) is 4.79 Å². The zero-order valence-electron chi connectivity index (χ0n) is 26.2. The lowest BCUT2D eigenvalue weighted by atomic mass is 9.87. The van der Waals surface area contributed by atoms with Gasteiger partial charge < -0.3 is 25.7 Å². The van der Waals surface area contributed by atoms with Crippen LogP contribution in [0.2, 0.25) is 0 Å². The van der Waals surface area contributed by atoms with Gasteiger partial charge in [-0.1, -0.05) is 70.9 Å². The number of nitrogens with two attached hydrogens (primary N) is 2. The number of carbonyl (C=O) groups excluding carboxylic acids is 2. The third-order valence-electron chi connectivity index (χ3n) is 8.17. The highest BCUT2D eigenvalue weighted by Crippen LogP contribution is 2.29. The van der Waals surface area contributed by atoms with Gasteiger partial charge >= 0.3 is 11.9 Å². The third-order valence-corrected chi connectivity index (χ3v) is 8.17. The van der Waals surface area contributed by atoms with Crippen molar-refractivity contribution in [2.75, 3.05) is 24.7 Å². The molecule has 0 bridgehead atoms. The molecule has 43 heavy (non-hydrogen) atoms. The summed E-state index contributed by atoms with van der Waals surface area (Å²) in [7, 11) is 0. The van der Waals surface area contributed by atoms with E-state index in [0.29, 0.717) is 17.1 Å². The molecule has 0 aliphatic heterocycles. The van der Waals surface area contributed by atoms with Crippen molar-refractivity contribution in [1.29, 1.82) is 0 Å². The van der Waals surface area contributed by atoms with Crippen LogP contribution in [0, 0.1) is 5.92 Å². The highest BCUT2D eigenvalue weighted by Gasteiger charge is 2.28. The second-order valence-electron chi connectivity index (χ2n) is 11.8. The lowest BCUT2D eigenvalue weighted by Gasteiger charge is -2.27. The average Bonchev–Trinajstić information content (AvgIpc) is 3.00. The van der Waals surface area contributed by atoms with E-state index in [-0.39, 0.29) is 30.5 Å². The first-order chi connectivity index (χ1) is 20.9. The van der Waals surface area contributed by atoms with Crippen molar-refractivity contribution in [2.45, 2.75) is 109 Å². The molecule has 4 N–H and O–H groups in total. The number of esters is 2. The standard InChI is InChI=1S/C36H52N2O5/c1-3-5-7-8-9-10-22-41-33-19-15-28(16-20-33)36(40)43-34-17-12-27(13-18-34)14-21-35(39)42-26-29(11-6-4-2)30-23-31(37)25-32(38)24-30/h12-14,17-18,21,23-25,28-29,33H,3-11,15-16,19-20,22,26,37-38H2,1-2H3/b21-14+. The summed E-state index contributed by atoms with van der Waals surface area (Å²) in [6.45, 7) is 5.44. The first-order valence-corrected chi connectivity index (χ1v) is 16.3. The van der Waals surface area contributed by atoms with E-state index in [2.05, 4.69) is 13.8 Å². The van der Waals surface area contributed by atoms with E-state index in [1.807, 2.05) is 24.3 Å². The maximum Gasteiger partial charge on any atom is 0.330 e. The fourth-order valence-electron chi connectivity index (χ4n) is 5.57. The minimum absolute atomic E-state index is 0.0322. The second-order valence-corrected chi connectivity index (χ2v) is 11.8. The Labute approximate surface area is 258 Å². The molecule has 2 aromatic carbocycles. The van der Waals surface area contributed by atoms with Gasteiger partial charge in [0.05, 0.1) is 18.6 Å². The van der Waals surface area contributed by atoms with Crippen LogP contribution in [0.15, 0.2) is 48.5 Å². The molecule has 2 aromatic rings. The molecule has 1 aliphatic rings. The first-order valence-electron chi connectivity index (χ1n) is 16.3. The van der Waals surface area contributed by atoms with Crippen LogP contribution in [0.5, 0.6) is 5.75 Å². The fourth-order valence-corrected chi connectivity index (χ4v) is 5.57. The topological polar surface area (TPSA) is 114 Å². The zero-order valence-corrected chi connectivity index (χ0v) is 26.2. The van der Waals surface area contributed by atoms with E-state index in [0.717, 1.165) is 69.1 Å². The van der Waals surface area contributed by atoms with Gasteiger partial charge in [-0.15, -0.1) is 0 Å². The summed E-state index contributed by atoms with van der Waals surface area (Å²) >= 11 is 0. The number of ether oxygens (including phenoxy) is 3. The van der Waals surface area contributed by atoms with Crippen molar-refractivity contribution in [3.63, 3.8) is 0 Å². The number of rotatable bonds is 18. The number of benzene rings is 2. The first kappa shape index (κ1) is 34.2. The summed E-state index contributed by atoms with van der Waals surface area (Å²) in [6, 6.07) is 12.7. The minimum Gasteiger partial charge on any atom is -0.462 e. The molecule has 1 saturated carbocycles. The summed E-state index contributed by atoms with van der Waals surface area (Å²) in [5, 5.41) is 0. The van der Waals surface area contributed by atoms with Crippen LogP contribution in [0.4, 0.5) is 11.4 Å². The van der Waals surface area contributed by atoms with Crippen LogP contribution < -0.4 is 16.2 Å². The Hall–Kier alpha value is -3.32. The normalized spacial score (nSPS) is 17.5. The van der Waals surface area contributed by atoms with Crippen LogP contribution in [0.25, 0.3) is 6.08 Å². The number of nitrogen functional groups attached to an aromatic ring is 2. The molecule has 1 atom stereocenters. The molecule has 3 rings (SSSR count). The molecule has 1 unspecified atom stereocenters. The lowest BCUT2D eigenvalue weighted by molar-refractivity contribution is -0.141. The molecule has 0 aromatic heterocycles. The predicted molar refractivity (Wildman–Crippen MR) is 175 cm³/mol. The highest BCUT2D eigenvalue weighted by molar-refractivity contribution is 5.87. The maximum absolute atomic E-state index is 12.7. The Morgan fingerprint density at radius 2 is 1.51 bits per heavy atom. The van der Waals surface area contributed by atoms with Gasteiger partial charge in [-0.05, 0) is 86.1 Å². The van der Waals surface area contributed by atoms with Crippen LogP contribution in [-0.2, 0) is 19.1 Å². The fraction of sp³-hybridized carbons (Fsp3) is 0.556. The largest absolute Gasteiger partial charge is 0.462 e. The van der Waals surface area contributed by atoms with Crippen molar-refractivity contribution in [1.82, 2.24) is 0 Å². The van der Waals surface area contributed by atoms with Gasteiger partial charge in [-0.3, -0.25) is 4.79 Å². The molecule has 0 saturated heterocycles. The molecule has 0 spiro atoms. The highest BCUT2D eigenvalue weighted by atomic mass is 16.5. The van der Waals surface area contributed by atoms with Crippen LogP contribution in [0.3, 0.4) is 0 Å². The molecule has 1 aliphatic carbocycles. The number of hydrogen-bond donors (Lipinski definition) is 2. The number of anilines is 2. The molecule has 1 fully saturated rings. The monoisotopic (exact) mass is 592 g/mol. The van der Waals surface area contributed by atoms with Crippen LogP contribution in [0.1, 0.15) is 114 Å². The third kappa shape index (κ3) is 12.8. The molecular formula is C36H52N2O5. The predicted octanol–water partition coefficient (Wildman–Crippen LogP) is 8.22. The van der Waals surface area contributed by atoms with Gasteiger partial charge in [0.25, 0.3) is 0 Å². The molecule has 7 nitrogen and oxygen atoms in total. The Bertz CT molecular complexity index is 1120. The Balaban J connectivity index is 1.38. The van der Waals surface area contributed by atoms with Gasteiger partial charge in [0, 0.05) is 30.0 Å². The number of hydrogen-bond acceptors (Lipinski definition) is 7. The molecule has 0 radical (unpaired) electrons. The van der Waals surface area contributed by atoms with Crippen LogP contribution >= 0.6 is 0 Å². The molecule has 236 valence electrons. The smallest absolute Gasteiger partial charge is 0.330 e. The summed E-state index contributed by atoms with van der Waals surface area (Å²) in [5.74, 6) is -0.148. The van der Waals surface area contributed by atoms with E-state index in [1.54, 1.807) is 24.3 Å². The Morgan fingerprint density at radius 1 is 0.860 bits per heavy atom. The SMILES string of the molecule is CCCCCCCCOC1CCC(C(=O)Oc2ccc(/C=C/C(=O)OCC(CCCC)c3cc(N)cc(N)c3)cc2)CC1. The summed E-state index contributed by atoms with van der Waals surface area (Å²) in [5.41, 5.74) is 15.0. The van der Waals surface area contributed by atoms with E-state index in [1.165, 1.54) is 38.2 Å². The van der Waals surface area contributed by atoms with Crippen molar-refractivity contribution >= 4 is 29.4 Å². The van der Waals surface area contributed by atoms with Crippen molar-refractivity contribution in [3.05, 3.63) is 59.7 Å². The molecule has 0 heterocycles. The van der Waals surface area contributed by atoms with E-state index in [4.69, 9.17) is 25.7 Å². The zero-order chi connectivity index (χ0) is 30.9. The van der Waals surface area contributed by atoms with Crippen LogP contribution in [-0.4, -0.2) is 31.3 Å². The van der Waals surface area contributed by atoms with Gasteiger partial charge in [0.15, 0.2) is 0 Å². The molecule has 7 heteroatoms. The van der Waals surface area contributed by atoms with Crippen molar-refractivity contribution in [2.24, 2.45) is 5.92 Å². The number of carbonyl (C=O) groups is 2. The van der Waals surface area contributed by atoms with Gasteiger partial charge in [0.2, 0.25) is 0 Å². The molecular weight excluding hydrogens is 540 g/mol. The van der Waals surface area contributed by atoms with Gasteiger partial charge in [-0.2, -0.15) is 0 Å². The van der Waals surface area contributed by atoms with E-state index >= 15 is 0 Å². The van der Waals surface area contributed by atoms with Crippen molar-refractivity contribution in [3.8, 4) is 5.75 Å². The number of unbranched alkanes of at least 4 members (excludes halogenated alkanes) is 6. The summed E-state index contributed by atoms with van der Waals surface area (Å²) in [4.78, 5) is 25.2. The van der Waals surface area contributed by atoms with Crippen molar-refractivity contribution < 1.29 is 23.8 Å². The Kier molecular flexibility index (Phi) is 15.1. The minimum atomic E-state index is -0.416. The van der Waals surface area contributed by atoms with Gasteiger partial charge in [0.1, 0.15) is 5.75 Å².